The Morgan fingerprint density at radius 2 is 2.05 bits per heavy atom. The topological polar surface area (TPSA) is 31.4 Å². The monoisotopic (exact) mass is 340 g/mol. The molecule has 0 aliphatic heterocycles. The normalized spacial score (nSPS) is 14.8. The van der Waals surface area contributed by atoms with E-state index < -0.39 is 0 Å². The van der Waals surface area contributed by atoms with Gasteiger partial charge in [0.15, 0.2) is 0 Å². The van der Waals surface area contributed by atoms with Crippen LogP contribution in [0.1, 0.15) is 24.8 Å². The Kier molecular flexibility index (Phi) is 5.81. The van der Waals surface area contributed by atoms with E-state index in [4.69, 9.17) is 0 Å². The highest BCUT2D eigenvalue weighted by Gasteiger charge is 2.21. The average Bonchev–Trinajstić information content (AvgIpc) is 3.19. The van der Waals surface area contributed by atoms with Gasteiger partial charge < -0.3 is 15.1 Å². The maximum absolute atomic E-state index is 4.60. The van der Waals surface area contributed by atoms with Gasteiger partial charge in [0, 0.05) is 42.4 Å². The third-order valence-electron chi connectivity index (χ3n) is 3.53. The third kappa shape index (κ3) is 5.04. The van der Waals surface area contributed by atoms with Gasteiger partial charge in [0.05, 0.1) is 0 Å². The van der Waals surface area contributed by atoms with E-state index in [0.717, 1.165) is 42.4 Å². The zero-order chi connectivity index (χ0) is 14.5. The highest BCUT2D eigenvalue weighted by Crippen LogP contribution is 2.24. The van der Waals surface area contributed by atoms with Crippen LogP contribution in [0.3, 0.4) is 0 Å². The molecule has 1 aliphatic carbocycles. The predicted octanol–water partition coefficient (Wildman–Crippen LogP) is 2.48. The van der Waals surface area contributed by atoms with E-state index >= 15 is 0 Å². The summed E-state index contributed by atoms with van der Waals surface area (Å²) in [5.74, 6) is 1.10. The summed E-state index contributed by atoms with van der Waals surface area (Å²) in [4.78, 5) is 9.08. The fourth-order valence-corrected chi connectivity index (χ4v) is 2.60. The van der Waals surface area contributed by atoms with Gasteiger partial charge >= 0.3 is 0 Å². The molecular weight excluding hydrogens is 316 g/mol. The van der Waals surface area contributed by atoms with Crippen molar-refractivity contribution in [1.82, 2.24) is 15.2 Å². The highest BCUT2D eigenvalue weighted by molar-refractivity contribution is 9.10. The molecule has 1 aromatic rings. The second-order valence-electron chi connectivity index (χ2n) is 5.87. The molecule has 0 spiro atoms. The number of hydrogen-bond donors (Lipinski definition) is 1. The number of hydrogen-bond acceptors (Lipinski definition) is 4. The van der Waals surface area contributed by atoms with E-state index in [0.29, 0.717) is 0 Å². The third-order valence-corrected chi connectivity index (χ3v) is 3.96. The summed E-state index contributed by atoms with van der Waals surface area (Å²) in [6.07, 6.45) is 5.67. The number of rotatable bonds is 8. The van der Waals surface area contributed by atoms with Crippen LogP contribution in [-0.2, 0) is 6.54 Å². The second-order valence-corrected chi connectivity index (χ2v) is 6.79. The van der Waals surface area contributed by atoms with Crippen molar-refractivity contribution >= 4 is 21.7 Å². The number of nitrogens with one attached hydrogen (secondary N) is 1. The number of anilines is 1. The van der Waals surface area contributed by atoms with Crippen LogP contribution >= 0.6 is 15.9 Å². The molecule has 1 aromatic heterocycles. The van der Waals surface area contributed by atoms with Crippen molar-refractivity contribution in [2.24, 2.45) is 0 Å². The quantitative estimate of drug-likeness (QED) is 0.787. The van der Waals surface area contributed by atoms with Crippen LogP contribution in [0, 0.1) is 0 Å². The Hall–Kier alpha value is -0.650. The van der Waals surface area contributed by atoms with Gasteiger partial charge in [0.25, 0.3) is 0 Å². The first kappa shape index (κ1) is 15.7. The Morgan fingerprint density at radius 1 is 1.30 bits per heavy atom. The predicted molar refractivity (Wildman–Crippen MR) is 88.2 cm³/mol. The molecule has 1 fully saturated rings. The van der Waals surface area contributed by atoms with Gasteiger partial charge in [-0.05, 0) is 61.9 Å². The van der Waals surface area contributed by atoms with Crippen LogP contribution in [-0.4, -0.2) is 50.2 Å². The summed E-state index contributed by atoms with van der Waals surface area (Å²) >= 11 is 3.52. The molecule has 1 aliphatic rings. The number of aromatic nitrogens is 1. The first-order valence-electron chi connectivity index (χ1n) is 7.30. The Morgan fingerprint density at radius 3 is 2.70 bits per heavy atom. The lowest BCUT2D eigenvalue weighted by Gasteiger charge is -2.22. The molecule has 5 heteroatoms. The molecular formula is C15H25BrN4. The molecule has 1 N–H and O–H groups in total. The summed E-state index contributed by atoms with van der Waals surface area (Å²) in [7, 11) is 6.36. The molecule has 0 radical (unpaired) electrons. The lowest BCUT2D eigenvalue weighted by atomic mass is 10.2. The highest BCUT2D eigenvalue weighted by atomic mass is 79.9. The minimum absolute atomic E-state index is 0.723. The lowest BCUT2D eigenvalue weighted by Crippen LogP contribution is -2.26. The van der Waals surface area contributed by atoms with Gasteiger partial charge in [-0.2, -0.15) is 0 Å². The van der Waals surface area contributed by atoms with Gasteiger partial charge in [-0.1, -0.05) is 0 Å². The molecule has 0 aromatic carbocycles. The van der Waals surface area contributed by atoms with Crippen molar-refractivity contribution in [3.8, 4) is 0 Å². The molecule has 20 heavy (non-hydrogen) atoms. The SMILES string of the molecule is CN(C)CCCN(C)c1ncc(Br)cc1CNC1CC1. The van der Waals surface area contributed by atoms with Crippen LogP contribution in [0.15, 0.2) is 16.7 Å². The maximum Gasteiger partial charge on any atom is 0.132 e. The van der Waals surface area contributed by atoms with Crippen LogP contribution in [0.2, 0.25) is 0 Å². The van der Waals surface area contributed by atoms with E-state index in [9.17, 15) is 0 Å². The summed E-state index contributed by atoms with van der Waals surface area (Å²) in [6.45, 7) is 3.05. The van der Waals surface area contributed by atoms with E-state index in [-0.39, 0.29) is 0 Å². The van der Waals surface area contributed by atoms with Gasteiger partial charge in [0.1, 0.15) is 5.82 Å². The summed E-state index contributed by atoms with van der Waals surface area (Å²) in [5, 5.41) is 3.57. The fraction of sp³-hybridized carbons (Fsp3) is 0.667. The standard InChI is InChI=1S/C15H25BrN4/c1-19(2)7-4-8-20(3)15-12(9-13(16)11-18-15)10-17-14-5-6-14/h9,11,14,17H,4-8,10H2,1-3H3. The zero-order valence-electron chi connectivity index (χ0n) is 12.7. The molecule has 1 heterocycles. The minimum atomic E-state index is 0.723. The summed E-state index contributed by atoms with van der Waals surface area (Å²) in [6, 6.07) is 2.90. The minimum Gasteiger partial charge on any atom is -0.359 e. The summed E-state index contributed by atoms with van der Waals surface area (Å²) < 4.78 is 1.05. The van der Waals surface area contributed by atoms with Crippen LogP contribution in [0.4, 0.5) is 5.82 Å². The average molecular weight is 341 g/mol. The first-order chi connectivity index (χ1) is 9.56. The van der Waals surface area contributed by atoms with E-state index in [1.807, 2.05) is 6.20 Å². The van der Waals surface area contributed by atoms with Crippen molar-refractivity contribution < 1.29 is 0 Å². The van der Waals surface area contributed by atoms with Crippen LogP contribution in [0.5, 0.6) is 0 Å². The Labute approximate surface area is 130 Å². The molecule has 2 rings (SSSR count). The molecule has 4 nitrogen and oxygen atoms in total. The number of halogens is 1. The summed E-state index contributed by atoms with van der Waals surface area (Å²) in [5.41, 5.74) is 1.28. The molecule has 0 atom stereocenters. The van der Waals surface area contributed by atoms with E-state index in [1.54, 1.807) is 0 Å². The van der Waals surface area contributed by atoms with Crippen molar-refractivity contribution in [2.45, 2.75) is 31.8 Å². The molecule has 0 bridgehead atoms. The zero-order valence-corrected chi connectivity index (χ0v) is 14.3. The number of pyridine rings is 1. The Balaban J connectivity index is 1.96. The smallest absolute Gasteiger partial charge is 0.132 e. The molecule has 0 unspecified atom stereocenters. The first-order valence-corrected chi connectivity index (χ1v) is 8.09. The van der Waals surface area contributed by atoms with Crippen LogP contribution in [0.25, 0.3) is 0 Å². The van der Waals surface area contributed by atoms with Gasteiger partial charge in [-0.15, -0.1) is 0 Å². The largest absolute Gasteiger partial charge is 0.359 e. The van der Waals surface area contributed by atoms with E-state index in [2.05, 4.69) is 63.2 Å². The van der Waals surface area contributed by atoms with Crippen molar-refractivity contribution in [1.29, 1.82) is 0 Å². The maximum atomic E-state index is 4.60. The van der Waals surface area contributed by atoms with Gasteiger partial charge in [0.2, 0.25) is 0 Å². The molecule has 1 saturated carbocycles. The van der Waals surface area contributed by atoms with E-state index in [1.165, 1.54) is 18.4 Å². The van der Waals surface area contributed by atoms with Crippen molar-refractivity contribution in [2.75, 3.05) is 39.1 Å². The lowest BCUT2D eigenvalue weighted by molar-refractivity contribution is 0.401. The second kappa shape index (κ2) is 7.38. The molecule has 112 valence electrons. The Bertz CT molecular complexity index is 432. The van der Waals surface area contributed by atoms with Crippen molar-refractivity contribution in [3.05, 3.63) is 22.3 Å². The van der Waals surface area contributed by atoms with Crippen LogP contribution < -0.4 is 10.2 Å². The fourth-order valence-electron chi connectivity index (χ4n) is 2.22. The van der Waals surface area contributed by atoms with Crippen molar-refractivity contribution in [3.63, 3.8) is 0 Å². The van der Waals surface area contributed by atoms with Gasteiger partial charge in [-0.3, -0.25) is 0 Å². The van der Waals surface area contributed by atoms with Gasteiger partial charge in [-0.25, -0.2) is 4.98 Å². The molecule has 0 amide bonds. The molecule has 0 saturated heterocycles. The number of nitrogens with zero attached hydrogens (tertiary/aromatic N) is 3.